The van der Waals surface area contributed by atoms with Crippen LogP contribution in [0.1, 0.15) is 0 Å². The standard InChI is InChI=1S/C9H6ClF6NS/c10-6-4(8(11,12)13)1-3(7(17)18)2-5(6)9(14,15)16/h1-2,4,6H,(H2,17,18). The smallest absolute Gasteiger partial charge is 0.389 e. The van der Waals surface area contributed by atoms with E-state index in [1.807, 2.05) is 0 Å². The van der Waals surface area contributed by atoms with Crippen molar-refractivity contribution in [3.63, 3.8) is 0 Å². The van der Waals surface area contributed by atoms with Crippen molar-refractivity contribution in [1.29, 1.82) is 0 Å². The summed E-state index contributed by atoms with van der Waals surface area (Å²) in [4.78, 5) is -0.547. The highest BCUT2D eigenvalue weighted by Crippen LogP contribution is 2.44. The minimum Gasteiger partial charge on any atom is -0.389 e. The lowest BCUT2D eigenvalue weighted by Gasteiger charge is -2.29. The van der Waals surface area contributed by atoms with E-state index in [9.17, 15) is 26.3 Å². The van der Waals surface area contributed by atoms with Gasteiger partial charge in [0.25, 0.3) is 0 Å². The second-order valence-corrected chi connectivity index (χ2v) is 4.46. The molecular formula is C9H6ClF6NS. The predicted molar refractivity (Wildman–Crippen MR) is 58.2 cm³/mol. The summed E-state index contributed by atoms with van der Waals surface area (Å²) >= 11 is 9.64. The molecule has 0 aliphatic heterocycles. The van der Waals surface area contributed by atoms with E-state index in [0.29, 0.717) is 12.2 Å². The van der Waals surface area contributed by atoms with Crippen molar-refractivity contribution in [2.45, 2.75) is 17.7 Å². The summed E-state index contributed by atoms with van der Waals surface area (Å²) in [7, 11) is 0. The third-order valence-electron chi connectivity index (χ3n) is 2.27. The number of thiocarbonyl (C=S) groups is 1. The molecule has 18 heavy (non-hydrogen) atoms. The van der Waals surface area contributed by atoms with Gasteiger partial charge in [-0.1, -0.05) is 18.3 Å². The molecule has 0 saturated carbocycles. The second-order valence-electron chi connectivity index (χ2n) is 3.55. The molecule has 0 aromatic rings. The lowest BCUT2D eigenvalue weighted by molar-refractivity contribution is -0.164. The van der Waals surface area contributed by atoms with E-state index in [1.165, 1.54) is 0 Å². The topological polar surface area (TPSA) is 26.0 Å². The number of rotatable bonds is 1. The van der Waals surface area contributed by atoms with Crippen LogP contribution >= 0.6 is 23.8 Å². The Morgan fingerprint density at radius 2 is 1.72 bits per heavy atom. The summed E-state index contributed by atoms with van der Waals surface area (Å²) in [6.45, 7) is 0. The van der Waals surface area contributed by atoms with Crippen molar-refractivity contribution in [2.75, 3.05) is 0 Å². The number of hydrogen-bond donors (Lipinski definition) is 1. The van der Waals surface area contributed by atoms with E-state index in [1.54, 1.807) is 0 Å². The molecule has 0 spiro atoms. The van der Waals surface area contributed by atoms with Gasteiger partial charge in [0.05, 0.1) is 16.9 Å². The third-order valence-corrected chi connectivity index (χ3v) is 3.01. The number of allylic oxidation sites excluding steroid dienone is 2. The summed E-state index contributed by atoms with van der Waals surface area (Å²) in [5.74, 6) is -2.47. The quantitative estimate of drug-likeness (QED) is 0.456. The van der Waals surface area contributed by atoms with Crippen molar-refractivity contribution in [1.82, 2.24) is 0 Å². The van der Waals surface area contributed by atoms with Crippen LogP contribution in [0, 0.1) is 5.92 Å². The van der Waals surface area contributed by atoms with Crippen LogP contribution in [0.15, 0.2) is 23.3 Å². The molecule has 2 unspecified atom stereocenters. The maximum Gasteiger partial charge on any atom is 0.414 e. The van der Waals surface area contributed by atoms with E-state index in [-0.39, 0.29) is 0 Å². The normalized spacial score (nSPS) is 25.5. The van der Waals surface area contributed by atoms with Crippen molar-refractivity contribution < 1.29 is 26.3 Å². The molecule has 0 heterocycles. The average Bonchev–Trinajstić information content (AvgIpc) is 2.13. The summed E-state index contributed by atoms with van der Waals surface area (Å²) in [6, 6.07) is 0. The van der Waals surface area contributed by atoms with Gasteiger partial charge in [-0.2, -0.15) is 26.3 Å². The van der Waals surface area contributed by atoms with Crippen LogP contribution in [0.5, 0.6) is 0 Å². The van der Waals surface area contributed by atoms with Crippen molar-refractivity contribution in [2.24, 2.45) is 11.7 Å². The Morgan fingerprint density at radius 1 is 1.22 bits per heavy atom. The largest absolute Gasteiger partial charge is 0.414 e. The molecular weight excluding hydrogens is 304 g/mol. The molecule has 0 aromatic heterocycles. The first-order valence-corrected chi connectivity index (χ1v) is 5.30. The van der Waals surface area contributed by atoms with Crippen LogP contribution in [0.25, 0.3) is 0 Å². The van der Waals surface area contributed by atoms with E-state index in [2.05, 4.69) is 12.2 Å². The van der Waals surface area contributed by atoms with Gasteiger partial charge in [-0.15, -0.1) is 11.6 Å². The fourth-order valence-electron chi connectivity index (χ4n) is 1.42. The van der Waals surface area contributed by atoms with Gasteiger partial charge in [-0.25, -0.2) is 0 Å². The molecule has 0 saturated heterocycles. The van der Waals surface area contributed by atoms with Crippen molar-refractivity contribution in [3.05, 3.63) is 23.3 Å². The zero-order valence-electron chi connectivity index (χ0n) is 8.44. The Balaban J connectivity index is 3.31. The molecule has 1 aliphatic rings. The molecule has 1 aliphatic carbocycles. The summed E-state index contributed by atoms with van der Waals surface area (Å²) in [5.41, 5.74) is 3.07. The summed E-state index contributed by atoms with van der Waals surface area (Å²) in [5, 5.41) is -2.25. The molecule has 9 heteroatoms. The fraction of sp³-hybridized carbons (Fsp3) is 0.444. The summed E-state index contributed by atoms with van der Waals surface area (Å²) in [6.07, 6.45) is -8.93. The fourth-order valence-corrected chi connectivity index (χ4v) is 1.95. The van der Waals surface area contributed by atoms with Gasteiger partial charge < -0.3 is 5.73 Å². The highest BCUT2D eigenvalue weighted by molar-refractivity contribution is 7.80. The Labute approximate surface area is 108 Å². The molecule has 1 nitrogen and oxygen atoms in total. The Morgan fingerprint density at radius 3 is 2.06 bits per heavy atom. The number of hydrogen-bond acceptors (Lipinski definition) is 1. The zero-order valence-corrected chi connectivity index (χ0v) is 10.0. The maximum atomic E-state index is 12.6. The minimum absolute atomic E-state index is 0.447. The molecule has 0 aromatic carbocycles. The SMILES string of the molecule is NC(=S)C1=CC(C(F)(F)F)C(Cl)C(C(F)(F)F)=C1. The van der Waals surface area contributed by atoms with Gasteiger partial charge in [0.2, 0.25) is 0 Å². The maximum absolute atomic E-state index is 12.6. The second kappa shape index (κ2) is 4.73. The monoisotopic (exact) mass is 309 g/mol. The molecule has 0 radical (unpaired) electrons. The highest BCUT2D eigenvalue weighted by Gasteiger charge is 2.51. The summed E-state index contributed by atoms with van der Waals surface area (Å²) < 4.78 is 75.4. The van der Waals surface area contributed by atoms with Gasteiger partial charge in [0.15, 0.2) is 0 Å². The molecule has 0 amide bonds. The highest BCUT2D eigenvalue weighted by atomic mass is 35.5. The Hall–Kier alpha value is -0.760. The van der Waals surface area contributed by atoms with Crippen molar-refractivity contribution in [3.8, 4) is 0 Å². The number of alkyl halides is 7. The molecule has 2 atom stereocenters. The van der Waals surface area contributed by atoms with E-state index in [0.717, 1.165) is 0 Å². The Bertz CT molecular complexity index is 422. The van der Waals surface area contributed by atoms with Crippen LogP contribution in [0.4, 0.5) is 26.3 Å². The lowest BCUT2D eigenvalue weighted by atomic mass is 9.89. The van der Waals surface area contributed by atoms with Gasteiger partial charge in [0.1, 0.15) is 4.99 Å². The molecule has 2 N–H and O–H groups in total. The average molecular weight is 310 g/mol. The predicted octanol–water partition coefficient (Wildman–Crippen LogP) is 3.49. The van der Waals surface area contributed by atoms with E-state index < -0.39 is 39.8 Å². The van der Waals surface area contributed by atoms with Crippen LogP contribution in [-0.2, 0) is 0 Å². The van der Waals surface area contributed by atoms with Crippen LogP contribution < -0.4 is 5.73 Å². The molecule has 1 rings (SSSR count). The lowest BCUT2D eigenvalue weighted by Crippen LogP contribution is -2.38. The van der Waals surface area contributed by atoms with Crippen molar-refractivity contribution >= 4 is 28.8 Å². The Kier molecular flexibility index (Phi) is 4.02. The third kappa shape index (κ3) is 3.17. The van der Waals surface area contributed by atoms with Crippen LogP contribution in [-0.4, -0.2) is 22.7 Å². The van der Waals surface area contributed by atoms with E-state index >= 15 is 0 Å². The minimum atomic E-state index is -4.97. The molecule has 102 valence electrons. The first-order valence-electron chi connectivity index (χ1n) is 4.45. The van der Waals surface area contributed by atoms with Gasteiger partial charge in [-0.3, -0.25) is 0 Å². The van der Waals surface area contributed by atoms with Gasteiger partial charge >= 0.3 is 12.4 Å². The molecule has 0 bridgehead atoms. The first kappa shape index (κ1) is 15.3. The van der Waals surface area contributed by atoms with Crippen LogP contribution in [0.2, 0.25) is 0 Å². The first-order chi connectivity index (χ1) is 7.94. The number of halogens is 7. The van der Waals surface area contributed by atoms with Gasteiger partial charge in [-0.05, 0) is 6.08 Å². The van der Waals surface area contributed by atoms with E-state index in [4.69, 9.17) is 17.3 Å². The molecule has 0 fully saturated rings. The van der Waals surface area contributed by atoms with Gasteiger partial charge in [0, 0.05) is 5.57 Å². The van der Waals surface area contributed by atoms with Crippen LogP contribution in [0.3, 0.4) is 0 Å². The zero-order chi connectivity index (χ0) is 14.3. The number of nitrogens with two attached hydrogens (primary N) is 1.